The lowest BCUT2D eigenvalue weighted by atomic mass is 9.75. The van der Waals surface area contributed by atoms with Gasteiger partial charge in [0.05, 0.1) is 12.3 Å². The van der Waals surface area contributed by atoms with Crippen LogP contribution in [0.3, 0.4) is 0 Å². The smallest absolute Gasteiger partial charge is 0.228 e. The van der Waals surface area contributed by atoms with Crippen LogP contribution in [0, 0.1) is 0 Å². The summed E-state index contributed by atoms with van der Waals surface area (Å²) in [5.74, 6) is 0.125. The van der Waals surface area contributed by atoms with Crippen LogP contribution in [0.4, 0.5) is 5.69 Å². The number of nitrogens with zero attached hydrogens (tertiary/aromatic N) is 2. The molecule has 0 unspecified atom stereocenters. The number of oxime groups is 1. The van der Waals surface area contributed by atoms with Gasteiger partial charge >= 0.3 is 0 Å². The molecule has 1 aliphatic rings. The third-order valence-corrected chi connectivity index (χ3v) is 5.24. The highest BCUT2D eigenvalue weighted by Gasteiger charge is 2.37. The standard InChI is InChI=1S/C22H26N2O2/c1-5-17-11-19-20(12-18(17)15(2)23-26)24(21(25)13-22(19,3)4)14-16-9-7-6-8-10-16/h6-12,26H,5,13-14H2,1-4H3/b23-15-. The van der Waals surface area contributed by atoms with E-state index >= 15 is 0 Å². The van der Waals surface area contributed by atoms with Crippen LogP contribution in [0.25, 0.3) is 0 Å². The Bertz CT molecular complexity index is 854. The molecule has 2 aromatic carbocycles. The van der Waals surface area contributed by atoms with Gasteiger partial charge < -0.3 is 10.1 Å². The van der Waals surface area contributed by atoms with Gasteiger partial charge in [0, 0.05) is 23.1 Å². The Labute approximate surface area is 155 Å². The van der Waals surface area contributed by atoms with Crippen molar-refractivity contribution < 1.29 is 10.0 Å². The lowest BCUT2D eigenvalue weighted by Gasteiger charge is -2.39. The number of hydrogen-bond donors (Lipinski definition) is 1. The van der Waals surface area contributed by atoms with E-state index in [4.69, 9.17) is 0 Å². The van der Waals surface area contributed by atoms with Crippen LogP contribution in [0.1, 0.15) is 56.4 Å². The van der Waals surface area contributed by atoms with Crippen LogP contribution in [-0.2, 0) is 23.2 Å². The molecule has 0 radical (unpaired) electrons. The summed E-state index contributed by atoms with van der Waals surface area (Å²) in [4.78, 5) is 14.8. The third kappa shape index (κ3) is 3.24. The number of carbonyl (C=O) groups excluding carboxylic acids is 1. The molecule has 26 heavy (non-hydrogen) atoms. The van der Waals surface area contributed by atoms with Crippen LogP contribution in [0.15, 0.2) is 47.6 Å². The van der Waals surface area contributed by atoms with Gasteiger partial charge in [-0.15, -0.1) is 0 Å². The zero-order valence-corrected chi connectivity index (χ0v) is 15.9. The van der Waals surface area contributed by atoms with E-state index in [-0.39, 0.29) is 11.3 Å². The maximum atomic E-state index is 12.9. The number of aryl methyl sites for hydroxylation is 1. The molecule has 1 aliphatic heterocycles. The van der Waals surface area contributed by atoms with Crippen LogP contribution in [0.2, 0.25) is 0 Å². The van der Waals surface area contributed by atoms with Crippen LogP contribution >= 0.6 is 0 Å². The van der Waals surface area contributed by atoms with E-state index in [0.717, 1.165) is 28.8 Å². The molecular weight excluding hydrogens is 324 g/mol. The van der Waals surface area contributed by atoms with E-state index in [1.807, 2.05) is 41.3 Å². The van der Waals surface area contributed by atoms with Gasteiger partial charge in [-0.05, 0) is 36.1 Å². The summed E-state index contributed by atoms with van der Waals surface area (Å²) in [5.41, 5.74) is 5.59. The second-order valence-electron chi connectivity index (χ2n) is 7.59. The summed E-state index contributed by atoms with van der Waals surface area (Å²) < 4.78 is 0. The molecule has 1 N–H and O–H groups in total. The number of hydrogen-bond acceptors (Lipinski definition) is 3. The molecule has 2 aromatic rings. The van der Waals surface area contributed by atoms with Crippen molar-refractivity contribution in [3.05, 3.63) is 64.7 Å². The van der Waals surface area contributed by atoms with E-state index < -0.39 is 0 Å². The van der Waals surface area contributed by atoms with E-state index in [0.29, 0.717) is 18.7 Å². The summed E-state index contributed by atoms with van der Waals surface area (Å²) >= 11 is 0. The number of rotatable bonds is 4. The molecule has 3 rings (SSSR count). The summed E-state index contributed by atoms with van der Waals surface area (Å²) in [6.07, 6.45) is 1.33. The first kappa shape index (κ1) is 18.2. The van der Waals surface area contributed by atoms with Gasteiger partial charge in [-0.25, -0.2) is 0 Å². The number of fused-ring (bicyclic) bond motifs is 1. The highest BCUT2D eigenvalue weighted by Crippen LogP contribution is 2.42. The Kier molecular flexibility index (Phi) is 4.86. The largest absolute Gasteiger partial charge is 0.411 e. The highest BCUT2D eigenvalue weighted by atomic mass is 16.4. The minimum Gasteiger partial charge on any atom is -0.411 e. The lowest BCUT2D eigenvalue weighted by molar-refractivity contribution is -0.120. The zero-order chi connectivity index (χ0) is 18.9. The molecule has 0 aromatic heterocycles. The van der Waals surface area contributed by atoms with Crippen molar-refractivity contribution in [2.24, 2.45) is 5.16 Å². The minimum absolute atomic E-state index is 0.125. The first-order chi connectivity index (χ1) is 12.4. The molecule has 1 amide bonds. The first-order valence-electron chi connectivity index (χ1n) is 9.08. The average molecular weight is 350 g/mol. The van der Waals surface area contributed by atoms with Crippen molar-refractivity contribution in [3.8, 4) is 0 Å². The van der Waals surface area contributed by atoms with Gasteiger partial charge in [-0.3, -0.25) is 4.79 Å². The summed E-state index contributed by atoms with van der Waals surface area (Å²) in [6.45, 7) is 8.67. The lowest BCUT2D eigenvalue weighted by Crippen LogP contribution is -2.41. The Balaban J connectivity index is 2.17. The zero-order valence-electron chi connectivity index (χ0n) is 15.9. The number of amides is 1. The molecule has 0 saturated carbocycles. The van der Waals surface area contributed by atoms with Gasteiger partial charge in [0.15, 0.2) is 0 Å². The Morgan fingerprint density at radius 2 is 1.92 bits per heavy atom. The Morgan fingerprint density at radius 1 is 1.23 bits per heavy atom. The minimum atomic E-state index is -0.216. The normalized spacial score (nSPS) is 16.5. The molecule has 0 saturated heterocycles. The highest BCUT2D eigenvalue weighted by molar-refractivity contribution is 6.03. The van der Waals surface area contributed by atoms with Gasteiger partial charge in [-0.1, -0.05) is 62.3 Å². The molecule has 1 heterocycles. The number of anilines is 1. The molecule has 4 heteroatoms. The SMILES string of the molecule is CCc1cc2c(cc1/C(C)=N\O)N(Cc1ccccc1)C(=O)CC2(C)C. The van der Waals surface area contributed by atoms with Crippen molar-refractivity contribution in [1.29, 1.82) is 0 Å². The Morgan fingerprint density at radius 3 is 2.54 bits per heavy atom. The van der Waals surface area contributed by atoms with Crippen LogP contribution < -0.4 is 4.90 Å². The van der Waals surface area contributed by atoms with E-state index in [9.17, 15) is 10.0 Å². The fourth-order valence-corrected chi connectivity index (χ4v) is 3.72. The van der Waals surface area contributed by atoms with Gasteiger partial charge in [0.1, 0.15) is 0 Å². The quantitative estimate of drug-likeness (QED) is 0.495. The fraction of sp³-hybridized carbons (Fsp3) is 0.364. The topological polar surface area (TPSA) is 52.9 Å². The van der Waals surface area contributed by atoms with Gasteiger partial charge in [0.2, 0.25) is 5.91 Å². The molecular formula is C22H26N2O2. The van der Waals surface area contributed by atoms with Crippen molar-refractivity contribution >= 4 is 17.3 Å². The van der Waals surface area contributed by atoms with E-state index in [1.165, 1.54) is 5.56 Å². The predicted molar refractivity (Wildman–Crippen MR) is 105 cm³/mol. The molecule has 0 bridgehead atoms. The van der Waals surface area contributed by atoms with E-state index in [1.54, 1.807) is 6.92 Å². The maximum absolute atomic E-state index is 12.9. The second-order valence-corrected chi connectivity index (χ2v) is 7.59. The van der Waals surface area contributed by atoms with Crippen molar-refractivity contribution in [2.75, 3.05) is 4.90 Å². The van der Waals surface area contributed by atoms with Crippen molar-refractivity contribution in [3.63, 3.8) is 0 Å². The molecule has 0 spiro atoms. The number of carbonyl (C=O) groups is 1. The summed E-state index contributed by atoms with van der Waals surface area (Å²) in [7, 11) is 0. The first-order valence-corrected chi connectivity index (χ1v) is 9.08. The molecule has 0 atom stereocenters. The molecule has 4 nitrogen and oxygen atoms in total. The molecule has 0 aliphatic carbocycles. The third-order valence-electron chi connectivity index (χ3n) is 5.24. The molecule has 136 valence electrons. The second kappa shape index (κ2) is 6.94. The van der Waals surface area contributed by atoms with E-state index in [2.05, 4.69) is 32.0 Å². The maximum Gasteiger partial charge on any atom is 0.228 e. The van der Waals surface area contributed by atoms with Gasteiger partial charge in [0.25, 0.3) is 0 Å². The average Bonchev–Trinajstić information content (AvgIpc) is 2.64. The van der Waals surface area contributed by atoms with Crippen LogP contribution in [-0.4, -0.2) is 16.8 Å². The van der Waals surface area contributed by atoms with Crippen molar-refractivity contribution in [2.45, 2.75) is 52.5 Å². The summed E-state index contributed by atoms with van der Waals surface area (Å²) in [6, 6.07) is 14.2. The summed E-state index contributed by atoms with van der Waals surface area (Å²) in [5, 5.41) is 12.7. The monoisotopic (exact) mass is 350 g/mol. The van der Waals surface area contributed by atoms with Crippen LogP contribution in [0.5, 0.6) is 0 Å². The van der Waals surface area contributed by atoms with Gasteiger partial charge in [-0.2, -0.15) is 0 Å². The molecule has 0 fully saturated rings. The predicted octanol–water partition coefficient (Wildman–Crippen LogP) is 4.66. The fourth-order valence-electron chi connectivity index (χ4n) is 3.72. The number of benzene rings is 2. The van der Waals surface area contributed by atoms with Crippen molar-refractivity contribution in [1.82, 2.24) is 0 Å². The Hall–Kier alpha value is -2.62.